The first-order valence-corrected chi connectivity index (χ1v) is 8.75. The van der Waals surface area contributed by atoms with Crippen molar-refractivity contribution in [1.82, 2.24) is 5.32 Å². The van der Waals surface area contributed by atoms with E-state index in [-0.39, 0.29) is 6.10 Å². The largest absolute Gasteiger partial charge is 0.372 e. The molecule has 1 heterocycles. The fourth-order valence-electron chi connectivity index (χ4n) is 3.62. The van der Waals surface area contributed by atoms with Crippen LogP contribution in [0, 0.1) is 0 Å². The van der Waals surface area contributed by atoms with E-state index in [4.69, 9.17) is 4.74 Å². The van der Waals surface area contributed by atoms with E-state index in [1.54, 1.807) is 0 Å². The Bertz CT molecular complexity index is 799. The van der Waals surface area contributed by atoms with Gasteiger partial charge in [-0.2, -0.15) is 0 Å². The highest BCUT2D eigenvalue weighted by Gasteiger charge is 2.26. The Labute approximate surface area is 143 Å². The van der Waals surface area contributed by atoms with E-state index in [1.165, 1.54) is 21.9 Å². The van der Waals surface area contributed by atoms with Gasteiger partial charge < -0.3 is 10.1 Å². The summed E-state index contributed by atoms with van der Waals surface area (Å²) in [6.07, 6.45) is 1.36. The Kier molecular flexibility index (Phi) is 4.59. The minimum absolute atomic E-state index is 0.229. The SMILES string of the molecule is c1ccc(C2CCNCC2OCc2ccc3ccccc3c2)cc1. The Morgan fingerprint density at radius 1 is 0.875 bits per heavy atom. The molecule has 2 nitrogen and oxygen atoms in total. The lowest BCUT2D eigenvalue weighted by molar-refractivity contribution is 0.0106. The monoisotopic (exact) mass is 317 g/mol. The summed E-state index contributed by atoms with van der Waals surface area (Å²) in [6, 6.07) is 25.8. The van der Waals surface area contributed by atoms with Crippen LogP contribution in [0.2, 0.25) is 0 Å². The maximum Gasteiger partial charge on any atom is 0.0772 e. The third kappa shape index (κ3) is 3.35. The summed E-state index contributed by atoms with van der Waals surface area (Å²) in [4.78, 5) is 0. The molecule has 0 bridgehead atoms. The Morgan fingerprint density at radius 3 is 2.54 bits per heavy atom. The van der Waals surface area contributed by atoms with Crippen LogP contribution < -0.4 is 5.32 Å². The highest BCUT2D eigenvalue weighted by molar-refractivity contribution is 5.82. The first-order chi connectivity index (χ1) is 11.9. The molecule has 2 atom stereocenters. The van der Waals surface area contributed by atoms with Crippen molar-refractivity contribution < 1.29 is 4.74 Å². The molecule has 0 radical (unpaired) electrons. The molecule has 0 amide bonds. The van der Waals surface area contributed by atoms with Crippen LogP contribution >= 0.6 is 0 Å². The molecule has 0 aliphatic carbocycles. The molecule has 4 rings (SSSR count). The van der Waals surface area contributed by atoms with Gasteiger partial charge in [0.1, 0.15) is 0 Å². The zero-order valence-corrected chi connectivity index (χ0v) is 13.8. The average Bonchev–Trinajstić information content (AvgIpc) is 2.67. The van der Waals surface area contributed by atoms with Crippen LogP contribution in [-0.2, 0) is 11.3 Å². The van der Waals surface area contributed by atoms with Crippen LogP contribution in [0.5, 0.6) is 0 Å². The predicted octanol–water partition coefficient (Wildman–Crippen LogP) is 4.50. The van der Waals surface area contributed by atoms with Crippen molar-refractivity contribution in [3.05, 3.63) is 83.9 Å². The molecule has 1 aliphatic heterocycles. The molecule has 0 saturated carbocycles. The summed E-state index contributed by atoms with van der Waals surface area (Å²) in [7, 11) is 0. The van der Waals surface area contributed by atoms with Crippen molar-refractivity contribution in [2.45, 2.75) is 25.0 Å². The van der Waals surface area contributed by atoms with Crippen LogP contribution in [0.4, 0.5) is 0 Å². The van der Waals surface area contributed by atoms with Gasteiger partial charge in [0.15, 0.2) is 0 Å². The first-order valence-electron chi connectivity index (χ1n) is 8.75. The maximum atomic E-state index is 6.32. The molecule has 3 aromatic carbocycles. The van der Waals surface area contributed by atoms with E-state index < -0.39 is 0 Å². The van der Waals surface area contributed by atoms with Crippen LogP contribution in [0.25, 0.3) is 10.8 Å². The van der Waals surface area contributed by atoms with Crippen molar-refractivity contribution in [3.63, 3.8) is 0 Å². The molecule has 24 heavy (non-hydrogen) atoms. The molecule has 3 aromatic rings. The Balaban J connectivity index is 1.48. The second-order valence-corrected chi connectivity index (χ2v) is 6.54. The molecule has 0 spiro atoms. The summed E-state index contributed by atoms with van der Waals surface area (Å²) in [5.74, 6) is 0.480. The summed E-state index contributed by atoms with van der Waals surface area (Å²) in [5, 5.41) is 6.03. The molecule has 1 aliphatic rings. The zero-order valence-electron chi connectivity index (χ0n) is 13.8. The summed E-state index contributed by atoms with van der Waals surface area (Å²) in [6.45, 7) is 2.66. The van der Waals surface area contributed by atoms with Gasteiger partial charge in [-0.15, -0.1) is 0 Å². The fraction of sp³-hybridized carbons (Fsp3) is 0.273. The Hall–Kier alpha value is -2.16. The summed E-state index contributed by atoms with van der Waals surface area (Å²) < 4.78 is 6.32. The third-order valence-electron chi connectivity index (χ3n) is 4.93. The van der Waals surface area contributed by atoms with Gasteiger partial charge >= 0.3 is 0 Å². The highest BCUT2D eigenvalue weighted by atomic mass is 16.5. The summed E-state index contributed by atoms with van der Waals surface area (Å²) in [5.41, 5.74) is 2.63. The molecule has 2 unspecified atom stereocenters. The number of nitrogens with one attached hydrogen (secondary N) is 1. The van der Waals surface area contributed by atoms with Gasteiger partial charge in [0.05, 0.1) is 12.7 Å². The van der Waals surface area contributed by atoms with Crippen LogP contribution in [0.1, 0.15) is 23.5 Å². The van der Waals surface area contributed by atoms with E-state index in [1.807, 2.05) is 0 Å². The lowest BCUT2D eigenvalue weighted by atomic mass is 9.88. The lowest BCUT2D eigenvalue weighted by Gasteiger charge is -2.32. The van der Waals surface area contributed by atoms with Gasteiger partial charge in [-0.1, -0.05) is 66.7 Å². The molecular weight excluding hydrogens is 294 g/mol. The predicted molar refractivity (Wildman–Crippen MR) is 99.2 cm³/mol. The van der Waals surface area contributed by atoms with Crippen molar-refractivity contribution in [2.75, 3.05) is 13.1 Å². The quantitative estimate of drug-likeness (QED) is 0.765. The van der Waals surface area contributed by atoms with Crippen molar-refractivity contribution in [2.24, 2.45) is 0 Å². The molecule has 0 aromatic heterocycles. The second kappa shape index (κ2) is 7.16. The number of benzene rings is 3. The number of piperidine rings is 1. The number of rotatable bonds is 4. The van der Waals surface area contributed by atoms with E-state index in [9.17, 15) is 0 Å². The average molecular weight is 317 g/mol. The van der Waals surface area contributed by atoms with E-state index in [0.29, 0.717) is 12.5 Å². The van der Waals surface area contributed by atoms with E-state index in [0.717, 1.165) is 19.5 Å². The molecule has 1 fully saturated rings. The van der Waals surface area contributed by atoms with Gasteiger partial charge in [0, 0.05) is 12.5 Å². The minimum atomic E-state index is 0.229. The highest BCUT2D eigenvalue weighted by Crippen LogP contribution is 2.28. The fourth-order valence-corrected chi connectivity index (χ4v) is 3.62. The second-order valence-electron chi connectivity index (χ2n) is 6.54. The maximum absolute atomic E-state index is 6.32. The lowest BCUT2D eigenvalue weighted by Crippen LogP contribution is -2.40. The van der Waals surface area contributed by atoms with E-state index in [2.05, 4.69) is 78.1 Å². The molecule has 2 heteroatoms. The third-order valence-corrected chi connectivity index (χ3v) is 4.93. The molecular formula is C22H23NO. The Morgan fingerprint density at radius 2 is 1.67 bits per heavy atom. The van der Waals surface area contributed by atoms with Gasteiger partial charge in [-0.25, -0.2) is 0 Å². The number of hydrogen-bond acceptors (Lipinski definition) is 2. The standard InChI is InChI=1S/C22H23NO/c1-2-7-19(8-3-1)21-12-13-23-15-22(21)24-16-17-10-11-18-6-4-5-9-20(18)14-17/h1-11,14,21-23H,12-13,15-16H2. The number of fused-ring (bicyclic) bond motifs is 1. The minimum Gasteiger partial charge on any atom is -0.372 e. The first kappa shape index (κ1) is 15.4. The van der Waals surface area contributed by atoms with Gasteiger partial charge in [0.2, 0.25) is 0 Å². The van der Waals surface area contributed by atoms with Crippen LogP contribution in [0.15, 0.2) is 72.8 Å². The van der Waals surface area contributed by atoms with Crippen LogP contribution in [-0.4, -0.2) is 19.2 Å². The van der Waals surface area contributed by atoms with Crippen molar-refractivity contribution in [3.8, 4) is 0 Å². The van der Waals surface area contributed by atoms with E-state index >= 15 is 0 Å². The topological polar surface area (TPSA) is 21.3 Å². The van der Waals surface area contributed by atoms with Gasteiger partial charge in [0.25, 0.3) is 0 Å². The smallest absolute Gasteiger partial charge is 0.0772 e. The number of hydrogen-bond donors (Lipinski definition) is 1. The summed E-state index contributed by atoms with van der Waals surface area (Å²) >= 11 is 0. The number of ether oxygens (including phenoxy) is 1. The van der Waals surface area contributed by atoms with Crippen LogP contribution in [0.3, 0.4) is 0 Å². The molecule has 1 saturated heterocycles. The van der Waals surface area contributed by atoms with Crippen molar-refractivity contribution in [1.29, 1.82) is 0 Å². The molecule has 1 N–H and O–H groups in total. The van der Waals surface area contributed by atoms with Crippen molar-refractivity contribution >= 4 is 10.8 Å². The zero-order chi connectivity index (χ0) is 16.2. The van der Waals surface area contributed by atoms with Gasteiger partial charge in [-0.05, 0) is 40.9 Å². The normalized spacial score (nSPS) is 21.0. The van der Waals surface area contributed by atoms with Gasteiger partial charge in [-0.3, -0.25) is 0 Å². The molecule has 122 valence electrons.